The molecule has 1 amide bonds. The number of nitrogens with two attached hydrogens (primary N) is 1. The molecule has 0 saturated heterocycles. The third kappa shape index (κ3) is 6.27. The Bertz CT molecular complexity index is 404. The zero-order chi connectivity index (χ0) is 15.7. The largest absolute Gasteiger partial charge is 0.352 e. The van der Waals surface area contributed by atoms with Gasteiger partial charge in [-0.3, -0.25) is 4.79 Å². The van der Waals surface area contributed by atoms with Crippen LogP contribution in [0.1, 0.15) is 45.2 Å². The minimum absolute atomic E-state index is 0.100. The van der Waals surface area contributed by atoms with Crippen LogP contribution in [0.5, 0.6) is 0 Å². The average molecular weight is 291 g/mol. The van der Waals surface area contributed by atoms with Gasteiger partial charge in [-0.05, 0) is 45.0 Å². The molecule has 0 aliphatic heterocycles. The van der Waals surface area contributed by atoms with Crippen molar-refractivity contribution in [2.24, 2.45) is 5.73 Å². The highest BCUT2D eigenvalue weighted by atomic mass is 16.2. The Morgan fingerprint density at radius 2 is 1.86 bits per heavy atom. The lowest BCUT2D eigenvalue weighted by Gasteiger charge is -2.21. The molecule has 1 aromatic rings. The first-order valence-corrected chi connectivity index (χ1v) is 7.91. The van der Waals surface area contributed by atoms with Gasteiger partial charge < -0.3 is 16.0 Å². The molecule has 0 spiro atoms. The molecule has 0 heterocycles. The van der Waals surface area contributed by atoms with E-state index in [-0.39, 0.29) is 11.9 Å². The molecular formula is C17H29N3O. The molecule has 0 aromatic heterocycles. The van der Waals surface area contributed by atoms with Crippen molar-refractivity contribution < 1.29 is 4.79 Å². The molecular weight excluding hydrogens is 262 g/mol. The highest BCUT2D eigenvalue weighted by molar-refractivity contribution is 5.83. The summed E-state index contributed by atoms with van der Waals surface area (Å²) in [6.07, 6.45) is 2.06. The van der Waals surface area contributed by atoms with Crippen molar-refractivity contribution in [2.45, 2.75) is 45.7 Å². The van der Waals surface area contributed by atoms with Gasteiger partial charge in [0.05, 0.1) is 0 Å². The Morgan fingerprint density at radius 1 is 1.24 bits per heavy atom. The second-order valence-electron chi connectivity index (χ2n) is 5.47. The summed E-state index contributed by atoms with van der Waals surface area (Å²) in [5.74, 6) is -0.100. The van der Waals surface area contributed by atoms with Gasteiger partial charge in [-0.2, -0.15) is 0 Å². The van der Waals surface area contributed by atoms with Crippen molar-refractivity contribution >= 4 is 5.91 Å². The van der Waals surface area contributed by atoms with Crippen LogP contribution in [0.2, 0.25) is 0 Å². The Kier molecular flexibility index (Phi) is 8.01. The lowest BCUT2D eigenvalue weighted by Crippen LogP contribution is -2.39. The molecule has 0 aliphatic rings. The summed E-state index contributed by atoms with van der Waals surface area (Å²) in [6.45, 7) is 9.63. The van der Waals surface area contributed by atoms with Crippen LogP contribution in [0.4, 0.5) is 0 Å². The van der Waals surface area contributed by atoms with Crippen molar-refractivity contribution in [3.8, 4) is 0 Å². The summed E-state index contributed by atoms with van der Waals surface area (Å²) in [6, 6.07) is 9.06. The van der Waals surface area contributed by atoms with Gasteiger partial charge in [0.15, 0.2) is 0 Å². The topological polar surface area (TPSA) is 58.4 Å². The first-order valence-electron chi connectivity index (χ1n) is 7.91. The van der Waals surface area contributed by atoms with E-state index in [0.717, 1.165) is 38.0 Å². The lowest BCUT2D eigenvalue weighted by atomic mass is 10.1. The molecule has 0 saturated carbocycles. The maximum absolute atomic E-state index is 12.1. The summed E-state index contributed by atoms with van der Waals surface area (Å²) in [5.41, 5.74) is 6.84. The van der Waals surface area contributed by atoms with E-state index in [2.05, 4.69) is 24.1 Å². The second-order valence-corrected chi connectivity index (χ2v) is 5.47. The first-order chi connectivity index (χ1) is 10.1. The van der Waals surface area contributed by atoms with Crippen LogP contribution in [0.25, 0.3) is 0 Å². The summed E-state index contributed by atoms with van der Waals surface area (Å²) in [4.78, 5) is 14.5. The third-order valence-electron chi connectivity index (χ3n) is 3.84. The number of rotatable bonds is 9. The molecule has 1 rings (SSSR count). The molecule has 0 aliphatic carbocycles. The maximum atomic E-state index is 12.1. The van der Waals surface area contributed by atoms with Gasteiger partial charge in [0.1, 0.15) is 6.04 Å². The number of amides is 1. The van der Waals surface area contributed by atoms with Crippen LogP contribution >= 0.6 is 0 Å². The van der Waals surface area contributed by atoms with E-state index in [1.165, 1.54) is 0 Å². The van der Waals surface area contributed by atoms with E-state index < -0.39 is 6.04 Å². The molecule has 4 heteroatoms. The molecule has 0 fully saturated rings. The summed E-state index contributed by atoms with van der Waals surface area (Å²) in [7, 11) is 0. The van der Waals surface area contributed by atoms with Crippen molar-refractivity contribution in [1.29, 1.82) is 0 Å². The summed E-state index contributed by atoms with van der Waals surface area (Å²) in [5, 5.41) is 3.01. The van der Waals surface area contributed by atoms with Gasteiger partial charge >= 0.3 is 0 Å². The monoisotopic (exact) mass is 291 g/mol. The minimum atomic E-state index is -0.587. The third-order valence-corrected chi connectivity index (χ3v) is 3.84. The summed E-state index contributed by atoms with van der Waals surface area (Å²) < 4.78 is 0. The molecule has 0 bridgehead atoms. The standard InChI is InChI=1S/C17H29N3O/c1-4-20(5-2)13-9-10-14(3)19-17(21)16(18)15-11-7-6-8-12-15/h6-8,11-12,14,16H,4-5,9-10,13,18H2,1-3H3,(H,19,21)/t14?,16-/m1/s1. The van der Waals surface area contributed by atoms with Crippen molar-refractivity contribution in [3.05, 3.63) is 35.9 Å². The zero-order valence-electron chi connectivity index (χ0n) is 13.5. The van der Waals surface area contributed by atoms with Crippen molar-refractivity contribution in [1.82, 2.24) is 10.2 Å². The molecule has 3 N–H and O–H groups in total. The van der Waals surface area contributed by atoms with E-state index in [4.69, 9.17) is 5.73 Å². The Morgan fingerprint density at radius 3 is 2.43 bits per heavy atom. The van der Waals surface area contributed by atoms with E-state index in [1.807, 2.05) is 37.3 Å². The number of nitrogens with zero attached hydrogens (tertiary/aromatic N) is 1. The Hall–Kier alpha value is -1.39. The lowest BCUT2D eigenvalue weighted by molar-refractivity contribution is -0.123. The minimum Gasteiger partial charge on any atom is -0.352 e. The molecule has 0 radical (unpaired) electrons. The van der Waals surface area contributed by atoms with E-state index in [9.17, 15) is 4.79 Å². The highest BCUT2D eigenvalue weighted by Crippen LogP contribution is 2.10. The van der Waals surface area contributed by atoms with Crippen molar-refractivity contribution in [3.63, 3.8) is 0 Å². The number of hydrogen-bond acceptors (Lipinski definition) is 3. The Balaban J connectivity index is 2.33. The average Bonchev–Trinajstić information content (AvgIpc) is 2.51. The van der Waals surface area contributed by atoms with Crippen LogP contribution in [-0.4, -0.2) is 36.5 Å². The number of carbonyl (C=O) groups is 1. The fourth-order valence-electron chi connectivity index (χ4n) is 2.38. The number of nitrogens with one attached hydrogen (secondary N) is 1. The predicted octanol–water partition coefficient (Wildman–Crippen LogP) is 2.31. The fraction of sp³-hybridized carbons (Fsp3) is 0.588. The molecule has 4 nitrogen and oxygen atoms in total. The van der Waals surface area contributed by atoms with Crippen LogP contribution in [0.15, 0.2) is 30.3 Å². The van der Waals surface area contributed by atoms with Crippen LogP contribution in [0, 0.1) is 0 Å². The van der Waals surface area contributed by atoms with Crippen molar-refractivity contribution in [2.75, 3.05) is 19.6 Å². The molecule has 118 valence electrons. The van der Waals surface area contributed by atoms with Crippen LogP contribution in [-0.2, 0) is 4.79 Å². The quantitative estimate of drug-likeness (QED) is 0.734. The smallest absolute Gasteiger partial charge is 0.241 e. The van der Waals surface area contributed by atoms with Gasteiger partial charge in [-0.1, -0.05) is 44.2 Å². The zero-order valence-corrected chi connectivity index (χ0v) is 13.5. The number of carbonyl (C=O) groups excluding carboxylic acids is 1. The van der Waals surface area contributed by atoms with Gasteiger partial charge in [0, 0.05) is 6.04 Å². The fourth-order valence-corrected chi connectivity index (χ4v) is 2.38. The van der Waals surface area contributed by atoms with Gasteiger partial charge in [-0.25, -0.2) is 0 Å². The maximum Gasteiger partial charge on any atom is 0.241 e. The molecule has 1 aromatic carbocycles. The first kappa shape index (κ1) is 17.7. The van der Waals surface area contributed by atoms with Gasteiger partial charge in [0.2, 0.25) is 5.91 Å². The Labute approximate surface area is 128 Å². The van der Waals surface area contributed by atoms with Gasteiger partial charge in [-0.15, -0.1) is 0 Å². The van der Waals surface area contributed by atoms with E-state index >= 15 is 0 Å². The van der Waals surface area contributed by atoms with Gasteiger partial charge in [0.25, 0.3) is 0 Å². The number of hydrogen-bond donors (Lipinski definition) is 2. The number of benzene rings is 1. The molecule has 1 unspecified atom stereocenters. The summed E-state index contributed by atoms with van der Waals surface area (Å²) >= 11 is 0. The van der Waals surface area contributed by atoms with Crippen LogP contribution < -0.4 is 11.1 Å². The SMILES string of the molecule is CCN(CC)CCCC(C)NC(=O)[C@H](N)c1ccccc1. The predicted molar refractivity (Wildman–Crippen MR) is 88.0 cm³/mol. The van der Waals surface area contributed by atoms with E-state index in [1.54, 1.807) is 0 Å². The normalized spacial score (nSPS) is 14.0. The molecule has 2 atom stereocenters. The van der Waals surface area contributed by atoms with E-state index in [0.29, 0.717) is 0 Å². The van der Waals surface area contributed by atoms with Crippen LogP contribution in [0.3, 0.4) is 0 Å². The highest BCUT2D eigenvalue weighted by Gasteiger charge is 2.17. The second kappa shape index (κ2) is 9.53. The molecule has 21 heavy (non-hydrogen) atoms.